The highest BCUT2D eigenvalue weighted by atomic mass is 15.0. The molecule has 0 saturated carbocycles. The molecular formula is C44H26N4. The zero-order valence-electron chi connectivity index (χ0n) is 25.8. The van der Waals surface area contributed by atoms with Gasteiger partial charge >= 0.3 is 0 Å². The second-order valence-electron chi connectivity index (χ2n) is 11.9. The van der Waals surface area contributed by atoms with Crippen molar-refractivity contribution in [3.63, 3.8) is 0 Å². The van der Waals surface area contributed by atoms with E-state index in [2.05, 4.69) is 137 Å². The molecule has 222 valence electrons. The summed E-state index contributed by atoms with van der Waals surface area (Å²) in [6.07, 6.45) is 0. The summed E-state index contributed by atoms with van der Waals surface area (Å²) < 4.78 is 4.57. The van der Waals surface area contributed by atoms with Crippen molar-refractivity contribution in [1.29, 1.82) is 10.5 Å². The Morgan fingerprint density at radius 3 is 1.69 bits per heavy atom. The number of rotatable bonds is 4. The number of nitriles is 2. The smallest absolute Gasteiger partial charge is 0.101 e. The molecule has 0 aliphatic heterocycles. The summed E-state index contributed by atoms with van der Waals surface area (Å²) in [7, 11) is 0. The first-order valence-corrected chi connectivity index (χ1v) is 15.9. The molecule has 0 spiro atoms. The lowest BCUT2D eigenvalue weighted by atomic mass is 9.92. The number of fused-ring (bicyclic) bond motifs is 6. The van der Waals surface area contributed by atoms with Gasteiger partial charge in [0.1, 0.15) is 6.07 Å². The SMILES string of the molecule is N#Cc1ccc2c(c1)c1cccc(-c3ccccc3-c3cccc4c5ccccc5n(-c5ccccc5C#N)c34)c1n2-c1ccccc1. The predicted molar refractivity (Wildman–Crippen MR) is 195 cm³/mol. The molecule has 0 fully saturated rings. The van der Waals surface area contributed by atoms with Crippen LogP contribution >= 0.6 is 0 Å². The van der Waals surface area contributed by atoms with Gasteiger partial charge in [-0.1, -0.05) is 109 Å². The van der Waals surface area contributed by atoms with Gasteiger partial charge in [-0.25, -0.2) is 0 Å². The molecule has 0 aliphatic rings. The van der Waals surface area contributed by atoms with Crippen molar-refractivity contribution < 1.29 is 0 Å². The van der Waals surface area contributed by atoms with Crippen molar-refractivity contribution in [2.75, 3.05) is 0 Å². The molecule has 0 radical (unpaired) electrons. The van der Waals surface area contributed by atoms with Gasteiger partial charge in [-0.2, -0.15) is 10.5 Å². The number of benzene rings is 7. The van der Waals surface area contributed by atoms with Crippen LogP contribution in [-0.4, -0.2) is 9.13 Å². The summed E-state index contributed by atoms with van der Waals surface area (Å²) in [6.45, 7) is 0. The number of nitrogens with zero attached hydrogens (tertiary/aromatic N) is 4. The van der Waals surface area contributed by atoms with Crippen LogP contribution in [0.2, 0.25) is 0 Å². The van der Waals surface area contributed by atoms with Crippen LogP contribution in [0.15, 0.2) is 158 Å². The third kappa shape index (κ3) is 4.01. The summed E-state index contributed by atoms with van der Waals surface area (Å²) in [6, 6.07) is 58.9. The summed E-state index contributed by atoms with van der Waals surface area (Å²) in [5.74, 6) is 0. The molecule has 0 N–H and O–H groups in total. The van der Waals surface area contributed by atoms with Crippen LogP contribution in [0, 0.1) is 22.7 Å². The molecule has 2 aromatic heterocycles. The fourth-order valence-electron chi connectivity index (χ4n) is 7.40. The van der Waals surface area contributed by atoms with E-state index in [0.717, 1.165) is 77.2 Å². The molecule has 0 aliphatic carbocycles. The number of hydrogen-bond donors (Lipinski definition) is 0. The van der Waals surface area contributed by atoms with Crippen LogP contribution < -0.4 is 0 Å². The van der Waals surface area contributed by atoms with Crippen LogP contribution in [-0.2, 0) is 0 Å². The number of aromatic nitrogens is 2. The minimum atomic E-state index is 0.622. The Morgan fingerprint density at radius 2 is 0.958 bits per heavy atom. The Balaban J connectivity index is 1.41. The van der Waals surface area contributed by atoms with Gasteiger partial charge in [0.15, 0.2) is 0 Å². The van der Waals surface area contributed by atoms with Crippen molar-refractivity contribution >= 4 is 43.6 Å². The first kappa shape index (κ1) is 27.4. The molecule has 9 rings (SSSR count). The summed E-state index contributed by atoms with van der Waals surface area (Å²) in [5.41, 5.74) is 11.8. The van der Waals surface area contributed by atoms with Crippen LogP contribution in [0.3, 0.4) is 0 Å². The van der Waals surface area contributed by atoms with Crippen LogP contribution in [0.25, 0.3) is 77.2 Å². The maximum atomic E-state index is 10.2. The molecule has 0 amide bonds. The van der Waals surface area contributed by atoms with Crippen LogP contribution in [0.5, 0.6) is 0 Å². The predicted octanol–water partition coefficient (Wildman–Crippen LogP) is 11.0. The van der Waals surface area contributed by atoms with Crippen molar-refractivity contribution in [3.05, 3.63) is 169 Å². The van der Waals surface area contributed by atoms with Gasteiger partial charge in [-0.05, 0) is 59.7 Å². The van der Waals surface area contributed by atoms with Gasteiger partial charge in [0, 0.05) is 38.4 Å². The van der Waals surface area contributed by atoms with Crippen molar-refractivity contribution in [1.82, 2.24) is 9.13 Å². The van der Waals surface area contributed by atoms with Crippen molar-refractivity contribution in [2.24, 2.45) is 0 Å². The molecule has 4 nitrogen and oxygen atoms in total. The molecule has 0 saturated heterocycles. The lowest BCUT2D eigenvalue weighted by Crippen LogP contribution is -1.99. The standard InChI is InChI=1S/C44H26N4/c45-27-29-24-25-42-39(26-29)38-21-11-18-35(43(38)47(42)31-13-2-1-3-14-31)32-15-5-6-16-33(32)36-19-10-20-37-34-17-7-9-23-41(34)48(44(36)37)40-22-8-4-12-30(40)28-46/h1-26H. The van der Waals surface area contributed by atoms with Gasteiger partial charge in [0.05, 0.1) is 45.0 Å². The van der Waals surface area contributed by atoms with E-state index in [9.17, 15) is 10.5 Å². The molecule has 7 aromatic carbocycles. The second kappa shape index (κ2) is 10.9. The monoisotopic (exact) mass is 610 g/mol. The average Bonchev–Trinajstić information content (AvgIpc) is 3.68. The summed E-state index contributed by atoms with van der Waals surface area (Å²) in [4.78, 5) is 0. The van der Waals surface area contributed by atoms with Gasteiger partial charge in [0.25, 0.3) is 0 Å². The quantitative estimate of drug-likeness (QED) is 0.199. The van der Waals surface area contributed by atoms with Gasteiger partial charge in [0.2, 0.25) is 0 Å². The van der Waals surface area contributed by atoms with Gasteiger partial charge in [-0.15, -0.1) is 0 Å². The van der Waals surface area contributed by atoms with E-state index in [-0.39, 0.29) is 0 Å². The molecule has 2 heterocycles. The summed E-state index contributed by atoms with van der Waals surface area (Å²) >= 11 is 0. The molecule has 0 atom stereocenters. The Bertz CT molecular complexity index is 2800. The highest BCUT2D eigenvalue weighted by molar-refractivity contribution is 6.17. The first-order valence-electron chi connectivity index (χ1n) is 15.9. The molecule has 0 bridgehead atoms. The molecule has 4 heteroatoms. The Labute approximate surface area is 277 Å². The largest absolute Gasteiger partial charge is 0.309 e. The molecule has 0 unspecified atom stereocenters. The van der Waals surface area contributed by atoms with E-state index in [0.29, 0.717) is 11.1 Å². The fourth-order valence-corrected chi connectivity index (χ4v) is 7.40. The zero-order chi connectivity index (χ0) is 32.2. The van der Waals surface area contributed by atoms with Gasteiger partial charge in [-0.3, -0.25) is 0 Å². The van der Waals surface area contributed by atoms with E-state index in [1.807, 2.05) is 42.5 Å². The Kier molecular flexibility index (Phi) is 6.22. The van der Waals surface area contributed by atoms with Crippen molar-refractivity contribution in [3.8, 4) is 45.8 Å². The van der Waals surface area contributed by atoms with Crippen molar-refractivity contribution in [2.45, 2.75) is 0 Å². The molecule has 48 heavy (non-hydrogen) atoms. The van der Waals surface area contributed by atoms with E-state index in [1.54, 1.807) is 0 Å². The van der Waals surface area contributed by atoms with E-state index >= 15 is 0 Å². The van der Waals surface area contributed by atoms with Gasteiger partial charge < -0.3 is 9.13 Å². The van der Waals surface area contributed by atoms with Crippen LogP contribution in [0.1, 0.15) is 11.1 Å². The zero-order valence-corrected chi connectivity index (χ0v) is 25.8. The van der Waals surface area contributed by atoms with E-state index < -0.39 is 0 Å². The number of hydrogen-bond acceptors (Lipinski definition) is 2. The first-order chi connectivity index (χ1) is 23.8. The maximum absolute atomic E-state index is 10.2. The maximum Gasteiger partial charge on any atom is 0.101 e. The average molecular weight is 611 g/mol. The van der Waals surface area contributed by atoms with Crippen LogP contribution in [0.4, 0.5) is 0 Å². The number of para-hydroxylation sites is 5. The minimum Gasteiger partial charge on any atom is -0.309 e. The normalized spacial score (nSPS) is 11.3. The third-order valence-electron chi connectivity index (χ3n) is 9.40. The summed E-state index contributed by atoms with van der Waals surface area (Å²) in [5, 5.41) is 24.4. The van der Waals surface area contributed by atoms with E-state index in [1.165, 1.54) is 0 Å². The second-order valence-corrected chi connectivity index (χ2v) is 11.9. The molecule has 9 aromatic rings. The lowest BCUT2D eigenvalue weighted by Gasteiger charge is -2.17. The Morgan fingerprint density at radius 1 is 0.396 bits per heavy atom. The fraction of sp³-hybridized carbons (Fsp3) is 0. The highest BCUT2D eigenvalue weighted by Crippen LogP contribution is 2.44. The highest BCUT2D eigenvalue weighted by Gasteiger charge is 2.22. The van der Waals surface area contributed by atoms with E-state index in [4.69, 9.17) is 0 Å². The third-order valence-corrected chi connectivity index (χ3v) is 9.40. The topological polar surface area (TPSA) is 57.4 Å². The Hall–Kier alpha value is -6.88. The lowest BCUT2D eigenvalue weighted by molar-refractivity contribution is 1.17. The minimum absolute atomic E-state index is 0.622. The molecular weight excluding hydrogens is 585 g/mol.